The number of nitrogens with one attached hydrogen (secondary N) is 2. The molecule has 50 heavy (non-hydrogen) atoms. The highest BCUT2D eigenvalue weighted by molar-refractivity contribution is 7.92. The number of aliphatic hydroxyl groups excluding tert-OH is 1. The number of amides is 2. The van der Waals surface area contributed by atoms with Gasteiger partial charge < -0.3 is 30.3 Å². The molecule has 0 bridgehead atoms. The molecule has 0 fully saturated rings. The first-order valence-corrected chi connectivity index (χ1v) is 17.8. The summed E-state index contributed by atoms with van der Waals surface area (Å²) in [6, 6.07) is 18.9. The van der Waals surface area contributed by atoms with Gasteiger partial charge in [-0.1, -0.05) is 36.3 Å². The molecule has 5 rings (SSSR count). The van der Waals surface area contributed by atoms with Gasteiger partial charge in [0, 0.05) is 42.4 Å². The van der Waals surface area contributed by atoms with Crippen molar-refractivity contribution >= 4 is 38.9 Å². The topological polar surface area (TPSA) is 180 Å². The predicted octanol–water partition coefficient (Wildman–Crippen LogP) is 4.21. The number of nitrogens with zero attached hydrogens (tertiary/aromatic N) is 3. The van der Waals surface area contributed by atoms with Crippen LogP contribution in [-0.2, 0) is 27.8 Å². The molecule has 3 aromatic carbocycles. The summed E-state index contributed by atoms with van der Waals surface area (Å²) in [7, 11) is -2.05. The molecule has 14 heteroatoms. The van der Waals surface area contributed by atoms with Crippen LogP contribution in [0.4, 0.5) is 17.1 Å². The average molecular weight is 705 g/mol. The third-order valence-electron chi connectivity index (χ3n) is 8.77. The van der Waals surface area contributed by atoms with Gasteiger partial charge >= 0.3 is 0 Å². The van der Waals surface area contributed by atoms with E-state index in [0.717, 1.165) is 5.56 Å². The van der Waals surface area contributed by atoms with E-state index in [-0.39, 0.29) is 58.9 Å². The number of fused-ring (bicyclic) bond motifs is 1. The van der Waals surface area contributed by atoms with E-state index in [1.54, 1.807) is 73.3 Å². The van der Waals surface area contributed by atoms with Crippen molar-refractivity contribution in [3.05, 3.63) is 94.9 Å². The fourth-order valence-electron chi connectivity index (χ4n) is 6.03. The molecule has 0 aliphatic carbocycles. The minimum absolute atomic E-state index is 0.0384. The molecule has 1 aromatic heterocycles. The highest BCUT2D eigenvalue weighted by Crippen LogP contribution is 2.31. The van der Waals surface area contributed by atoms with E-state index in [1.807, 2.05) is 26.1 Å². The van der Waals surface area contributed by atoms with Crippen molar-refractivity contribution in [2.45, 2.75) is 57.7 Å². The predicted molar refractivity (Wildman–Crippen MR) is 190 cm³/mol. The molecule has 0 saturated carbocycles. The number of ether oxygens (including phenoxy) is 1. The third kappa shape index (κ3) is 8.44. The number of hydrogen-bond acceptors (Lipinski definition) is 10. The minimum atomic E-state index is -4.02. The number of anilines is 3. The van der Waals surface area contributed by atoms with E-state index in [9.17, 15) is 23.1 Å². The second-order valence-corrected chi connectivity index (χ2v) is 14.5. The molecule has 2 amide bonds. The summed E-state index contributed by atoms with van der Waals surface area (Å²) in [6.45, 7) is 8.07. The zero-order valence-corrected chi connectivity index (χ0v) is 29.7. The highest BCUT2D eigenvalue weighted by Gasteiger charge is 2.32. The van der Waals surface area contributed by atoms with Gasteiger partial charge in [0.15, 0.2) is 10.7 Å². The fourth-order valence-corrected chi connectivity index (χ4v) is 7.41. The number of likely N-dealkylation sites (N-methyl/N-ethyl adjacent to an activating group) is 1. The summed E-state index contributed by atoms with van der Waals surface area (Å²) in [5.74, 6) is 0.0422. The van der Waals surface area contributed by atoms with Crippen molar-refractivity contribution in [2.75, 3.05) is 42.5 Å². The van der Waals surface area contributed by atoms with Gasteiger partial charge in [0.25, 0.3) is 15.9 Å². The van der Waals surface area contributed by atoms with Crippen LogP contribution in [0, 0.1) is 19.8 Å². The van der Waals surface area contributed by atoms with E-state index in [2.05, 4.69) is 20.1 Å². The number of nitrogen functional groups attached to an aromatic ring is 1. The van der Waals surface area contributed by atoms with Crippen LogP contribution in [0.5, 0.6) is 5.75 Å². The Bertz CT molecular complexity index is 1930. The van der Waals surface area contributed by atoms with E-state index >= 15 is 0 Å². The minimum Gasteiger partial charge on any atom is -0.488 e. The molecule has 13 nitrogen and oxygen atoms in total. The smallest absolute Gasteiger partial charge is 0.267 e. The van der Waals surface area contributed by atoms with Crippen LogP contribution in [0.2, 0.25) is 0 Å². The monoisotopic (exact) mass is 704 g/mol. The molecule has 4 aromatic rings. The Morgan fingerprint density at radius 3 is 2.52 bits per heavy atom. The van der Waals surface area contributed by atoms with Crippen LogP contribution in [0.1, 0.15) is 46.8 Å². The third-order valence-corrected chi connectivity index (χ3v) is 10.4. The lowest BCUT2D eigenvalue weighted by atomic mass is 10.0. The van der Waals surface area contributed by atoms with Crippen LogP contribution < -0.4 is 20.5 Å². The number of carbonyl (C=O) groups is 2. The van der Waals surface area contributed by atoms with Crippen LogP contribution in [-0.4, -0.2) is 79.2 Å². The maximum Gasteiger partial charge on any atom is 0.267 e. The van der Waals surface area contributed by atoms with E-state index < -0.39 is 16.1 Å². The van der Waals surface area contributed by atoms with Gasteiger partial charge in [-0.2, -0.15) is 0 Å². The van der Waals surface area contributed by atoms with Crippen molar-refractivity contribution in [3.63, 3.8) is 0 Å². The maximum atomic E-state index is 13.6. The zero-order valence-electron chi connectivity index (χ0n) is 28.8. The fraction of sp³-hybridized carbons (Fsp3) is 0.361. The number of hydrogen-bond donors (Lipinski definition) is 4. The molecule has 3 atom stereocenters. The van der Waals surface area contributed by atoms with Gasteiger partial charge in [0.2, 0.25) is 5.91 Å². The maximum absolute atomic E-state index is 13.6. The number of rotatable bonds is 11. The molecule has 0 unspecified atom stereocenters. The van der Waals surface area contributed by atoms with Crippen molar-refractivity contribution in [3.8, 4) is 5.75 Å². The number of aromatic nitrogens is 1. The normalized spacial score (nSPS) is 17.3. The van der Waals surface area contributed by atoms with Crippen molar-refractivity contribution in [1.82, 2.24) is 15.0 Å². The van der Waals surface area contributed by atoms with Gasteiger partial charge in [-0.15, -0.1) is 0 Å². The first-order valence-electron chi connectivity index (χ1n) is 16.3. The summed E-state index contributed by atoms with van der Waals surface area (Å²) >= 11 is 0. The molecule has 266 valence electrons. The van der Waals surface area contributed by atoms with E-state index in [4.69, 9.17) is 15.0 Å². The lowest BCUT2D eigenvalue weighted by Gasteiger charge is -2.34. The van der Waals surface area contributed by atoms with Gasteiger partial charge in [0.05, 0.1) is 30.4 Å². The van der Waals surface area contributed by atoms with Gasteiger partial charge in [-0.05, 0) is 75.8 Å². The number of para-hydroxylation sites is 2. The largest absolute Gasteiger partial charge is 0.488 e. The highest BCUT2D eigenvalue weighted by atomic mass is 32.2. The van der Waals surface area contributed by atoms with Crippen LogP contribution in [0.3, 0.4) is 0 Å². The summed E-state index contributed by atoms with van der Waals surface area (Å²) in [4.78, 5) is 30.1. The Labute approximate surface area is 292 Å². The molecule has 1 aliphatic heterocycles. The number of aliphatic hydroxyl groups is 1. The molecule has 0 saturated heterocycles. The number of aryl methyl sites for hydroxylation is 2. The number of benzene rings is 3. The second kappa shape index (κ2) is 15.3. The van der Waals surface area contributed by atoms with Crippen molar-refractivity contribution < 1.29 is 32.4 Å². The molecule has 1 aliphatic rings. The molecule has 0 spiro atoms. The molecule has 0 radical (unpaired) electrons. The summed E-state index contributed by atoms with van der Waals surface area (Å²) in [5, 5.41) is 16.6. The van der Waals surface area contributed by atoms with E-state index in [1.165, 1.54) is 6.92 Å². The van der Waals surface area contributed by atoms with Crippen molar-refractivity contribution in [1.29, 1.82) is 0 Å². The Morgan fingerprint density at radius 1 is 1.14 bits per heavy atom. The lowest BCUT2D eigenvalue weighted by molar-refractivity contribution is -0.134. The Balaban J connectivity index is 1.34. The lowest BCUT2D eigenvalue weighted by Crippen LogP contribution is -2.47. The molecular weight excluding hydrogens is 660 g/mol. The Kier molecular flexibility index (Phi) is 11.1. The first kappa shape index (κ1) is 36.4. The van der Waals surface area contributed by atoms with Crippen LogP contribution in [0.25, 0.3) is 0 Å². The molecule has 2 heterocycles. The van der Waals surface area contributed by atoms with Gasteiger partial charge in [0.1, 0.15) is 17.5 Å². The molecule has 5 N–H and O–H groups in total. The Morgan fingerprint density at radius 2 is 1.86 bits per heavy atom. The van der Waals surface area contributed by atoms with Crippen LogP contribution >= 0.6 is 0 Å². The molecular formula is C36H44N6O7S. The number of carbonyl (C=O) groups excluding carboxylic acids is 2. The van der Waals surface area contributed by atoms with Gasteiger partial charge in [-0.25, -0.2) is 8.42 Å². The second-order valence-electron chi connectivity index (χ2n) is 12.9. The van der Waals surface area contributed by atoms with Crippen molar-refractivity contribution in [2.24, 2.45) is 5.92 Å². The van der Waals surface area contributed by atoms with Crippen LogP contribution in [0.15, 0.2) is 76.1 Å². The van der Waals surface area contributed by atoms with E-state index in [0.29, 0.717) is 47.9 Å². The number of sulfonamides is 1. The van der Waals surface area contributed by atoms with Gasteiger partial charge in [-0.3, -0.25) is 19.2 Å². The standard InChI is InChI=1S/C36H44N6O7S/c1-22-18-42(23(2)21-43)34(44)17-28-16-29(40-50(46,47)35-24(3)39-49-25(35)4)14-15-32(28)48-33(22)20-41(5)19-26-10-12-27(13-11-26)36(45)38-31-9-7-6-8-30(31)37/h6-16,22-23,33,40,43H,17-21,37H2,1-5H3,(H,38,45)/t22-,23+,33+/m1/s1. The average Bonchev–Trinajstić information content (AvgIpc) is 3.44. The summed E-state index contributed by atoms with van der Waals surface area (Å²) < 4.78 is 40.7. The number of nitrogens with two attached hydrogens (primary N) is 1. The summed E-state index contributed by atoms with van der Waals surface area (Å²) in [6.07, 6.45) is -0.420. The Hall–Kier alpha value is -4.92. The quantitative estimate of drug-likeness (QED) is 0.165. The first-order chi connectivity index (χ1) is 23.7. The summed E-state index contributed by atoms with van der Waals surface area (Å²) in [5.41, 5.74) is 9.49. The zero-order chi connectivity index (χ0) is 36.2. The SMILES string of the molecule is Cc1noc(C)c1S(=O)(=O)Nc1ccc2c(c1)CC(=O)N([C@@H](C)CO)C[C@@H](C)[C@H](CN(C)Cc1ccc(C(=O)Nc3ccccc3N)cc1)O2.